The second-order valence-electron chi connectivity index (χ2n) is 3.10. The van der Waals surface area contributed by atoms with E-state index in [-0.39, 0.29) is 0 Å². The third kappa shape index (κ3) is 3.34. The molecular weight excluding hydrogens is 152 g/mol. The van der Waals surface area contributed by atoms with E-state index in [0.717, 1.165) is 26.2 Å². The van der Waals surface area contributed by atoms with Gasteiger partial charge in [-0.1, -0.05) is 12.2 Å². The first-order valence-corrected chi connectivity index (χ1v) is 4.50. The van der Waals surface area contributed by atoms with Crippen LogP contribution in [0.3, 0.4) is 0 Å². The molecule has 1 saturated heterocycles. The average molecular weight is 170 g/mol. The number of allylic oxidation sites excluding steroid dienone is 1. The average Bonchev–Trinajstić information content (AvgIpc) is 2.09. The van der Waals surface area contributed by atoms with Crippen LogP contribution in [-0.2, 0) is 4.84 Å². The molecule has 1 aliphatic rings. The van der Waals surface area contributed by atoms with Crippen molar-refractivity contribution in [2.24, 2.45) is 0 Å². The van der Waals surface area contributed by atoms with Crippen molar-refractivity contribution in [3.8, 4) is 0 Å². The highest BCUT2D eigenvalue weighted by Crippen LogP contribution is 1.99. The van der Waals surface area contributed by atoms with E-state index in [1.165, 1.54) is 0 Å². The molecule has 3 nitrogen and oxygen atoms in total. The maximum Gasteiger partial charge on any atom is 0.0866 e. The van der Waals surface area contributed by atoms with E-state index in [1.54, 1.807) is 0 Å². The summed E-state index contributed by atoms with van der Waals surface area (Å²) in [6.45, 7) is 6.97. The van der Waals surface area contributed by atoms with Crippen LogP contribution in [0.5, 0.6) is 0 Å². The monoisotopic (exact) mass is 170 g/mol. The Hall–Kier alpha value is -0.380. The van der Waals surface area contributed by atoms with E-state index in [1.807, 2.05) is 24.1 Å². The highest BCUT2D eigenvalue weighted by molar-refractivity contribution is 4.76. The fourth-order valence-corrected chi connectivity index (χ4v) is 1.16. The predicted molar refractivity (Wildman–Crippen MR) is 49.8 cm³/mol. The van der Waals surface area contributed by atoms with E-state index in [0.29, 0.717) is 6.61 Å². The van der Waals surface area contributed by atoms with Crippen LogP contribution < -0.4 is 0 Å². The van der Waals surface area contributed by atoms with Crippen molar-refractivity contribution in [3.05, 3.63) is 12.2 Å². The van der Waals surface area contributed by atoms with Crippen molar-refractivity contribution in [1.29, 1.82) is 0 Å². The quantitative estimate of drug-likeness (QED) is 0.581. The van der Waals surface area contributed by atoms with Gasteiger partial charge < -0.3 is 4.90 Å². The molecular formula is C9H18N2O. The standard InChI is InChI=1S/C9H18N2O/c1-3-4-9-12-11-7-5-10(2)6-8-11/h3-4H,5-9H2,1-2H3. The van der Waals surface area contributed by atoms with Gasteiger partial charge >= 0.3 is 0 Å². The molecule has 0 bridgehead atoms. The van der Waals surface area contributed by atoms with Crippen LogP contribution in [0, 0.1) is 0 Å². The van der Waals surface area contributed by atoms with Gasteiger partial charge in [-0.25, -0.2) is 0 Å². The zero-order valence-electron chi connectivity index (χ0n) is 7.99. The van der Waals surface area contributed by atoms with Crippen molar-refractivity contribution in [1.82, 2.24) is 9.96 Å². The van der Waals surface area contributed by atoms with Crippen molar-refractivity contribution >= 4 is 0 Å². The summed E-state index contributed by atoms with van der Waals surface area (Å²) in [4.78, 5) is 7.81. The minimum absolute atomic E-state index is 0.709. The van der Waals surface area contributed by atoms with Crippen molar-refractivity contribution in [3.63, 3.8) is 0 Å². The lowest BCUT2D eigenvalue weighted by atomic mass is 10.4. The van der Waals surface area contributed by atoms with Gasteiger partial charge in [0, 0.05) is 26.2 Å². The topological polar surface area (TPSA) is 15.7 Å². The van der Waals surface area contributed by atoms with Crippen LogP contribution in [0.1, 0.15) is 6.92 Å². The third-order valence-electron chi connectivity index (χ3n) is 2.05. The normalized spacial score (nSPS) is 22.2. The molecule has 0 unspecified atom stereocenters. The first-order valence-electron chi connectivity index (χ1n) is 4.50. The van der Waals surface area contributed by atoms with Gasteiger partial charge in [-0.3, -0.25) is 4.84 Å². The van der Waals surface area contributed by atoms with Crippen molar-refractivity contribution < 1.29 is 4.84 Å². The van der Waals surface area contributed by atoms with Crippen LogP contribution in [0.15, 0.2) is 12.2 Å². The summed E-state index contributed by atoms with van der Waals surface area (Å²) in [6, 6.07) is 0. The first kappa shape index (κ1) is 9.71. The lowest BCUT2D eigenvalue weighted by molar-refractivity contribution is -0.165. The molecule has 1 aliphatic heterocycles. The van der Waals surface area contributed by atoms with E-state index in [4.69, 9.17) is 4.84 Å². The minimum Gasteiger partial charge on any atom is -0.304 e. The molecule has 0 spiro atoms. The zero-order valence-corrected chi connectivity index (χ0v) is 7.99. The lowest BCUT2D eigenvalue weighted by Gasteiger charge is -2.31. The van der Waals surface area contributed by atoms with Gasteiger partial charge in [0.05, 0.1) is 6.61 Å². The van der Waals surface area contributed by atoms with Crippen LogP contribution in [0.2, 0.25) is 0 Å². The molecule has 0 N–H and O–H groups in total. The molecule has 0 aromatic rings. The van der Waals surface area contributed by atoms with Gasteiger partial charge in [0.25, 0.3) is 0 Å². The van der Waals surface area contributed by atoms with Crippen molar-refractivity contribution in [2.45, 2.75) is 6.92 Å². The number of hydrogen-bond donors (Lipinski definition) is 0. The first-order chi connectivity index (χ1) is 5.83. The van der Waals surface area contributed by atoms with Crippen LogP contribution in [0.25, 0.3) is 0 Å². The molecule has 3 heteroatoms. The van der Waals surface area contributed by atoms with Gasteiger partial charge in [0.2, 0.25) is 0 Å². The third-order valence-corrected chi connectivity index (χ3v) is 2.05. The summed E-state index contributed by atoms with van der Waals surface area (Å²) < 4.78 is 0. The van der Waals surface area contributed by atoms with Crippen LogP contribution in [0.4, 0.5) is 0 Å². The Balaban J connectivity index is 2.09. The number of likely N-dealkylation sites (N-methyl/N-ethyl adjacent to an activating group) is 1. The van der Waals surface area contributed by atoms with E-state index in [2.05, 4.69) is 11.9 Å². The van der Waals surface area contributed by atoms with Crippen LogP contribution >= 0.6 is 0 Å². The number of rotatable bonds is 3. The second kappa shape index (κ2) is 5.30. The fraction of sp³-hybridized carbons (Fsp3) is 0.778. The number of hydrogen-bond acceptors (Lipinski definition) is 3. The largest absolute Gasteiger partial charge is 0.304 e. The molecule has 70 valence electrons. The Morgan fingerprint density at radius 2 is 1.92 bits per heavy atom. The Morgan fingerprint density at radius 1 is 1.25 bits per heavy atom. The predicted octanol–water partition coefficient (Wildman–Crippen LogP) is 0.742. The number of piperazine rings is 1. The van der Waals surface area contributed by atoms with E-state index < -0.39 is 0 Å². The highest BCUT2D eigenvalue weighted by Gasteiger charge is 2.12. The number of hydroxylamine groups is 2. The molecule has 0 aromatic heterocycles. The molecule has 1 fully saturated rings. The summed E-state index contributed by atoms with van der Waals surface area (Å²) >= 11 is 0. The second-order valence-corrected chi connectivity index (χ2v) is 3.10. The maximum absolute atomic E-state index is 5.49. The molecule has 12 heavy (non-hydrogen) atoms. The van der Waals surface area contributed by atoms with Gasteiger partial charge in [0.1, 0.15) is 0 Å². The molecule has 0 saturated carbocycles. The maximum atomic E-state index is 5.49. The summed E-state index contributed by atoms with van der Waals surface area (Å²) in [5.41, 5.74) is 0. The minimum atomic E-state index is 0.709. The highest BCUT2D eigenvalue weighted by atomic mass is 16.7. The summed E-state index contributed by atoms with van der Waals surface area (Å²) in [7, 11) is 2.14. The van der Waals surface area contributed by atoms with E-state index in [9.17, 15) is 0 Å². The molecule has 0 aromatic carbocycles. The molecule has 0 radical (unpaired) electrons. The molecule has 1 rings (SSSR count). The van der Waals surface area contributed by atoms with Gasteiger partial charge in [-0.15, -0.1) is 0 Å². The Labute approximate surface area is 74.6 Å². The summed E-state index contributed by atoms with van der Waals surface area (Å²) in [6.07, 6.45) is 4.04. The van der Waals surface area contributed by atoms with Gasteiger partial charge in [-0.2, -0.15) is 5.06 Å². The Kier molecular flexibility index (Phi) is 4.29. The SMILES string of the molecule is CC=CCON1CCN(C)CC1. The fourth-order valence-electron chi connectivity index (χ4n) is 1.16. The lowest BCUT2D eigenvalue weighted by Crippen LogP contribution is -2.44. The van der Waals surface area contributed by atoms with Gasteiger partial charge in [0.15, 0.2) is 0 Å². The molecule has 1 heterocycles. The molecule has 0 aliphatic carbocycles. The molecule has 0 atom stereocenters. The summed E-state index contributed by atoms with van der Waals surface area (Å²) in [5.74, 6) is 0. The zero-order chi connectivity index (χ0) is 8.81. The Morgan fingerprint density at radius 3 is 2.50 bits per heavy atom. The molecule has 0 amide bonds. The van der Waals surface area contributed by atoms with Gasteiger partial charge in [-0.05, 0) is 14.0 Å². The van der Waals surface area contributed by atoms with Crippen molar-refractivity contribution in [2.75, 3.05) is 39.8 Å². The Bertz CT molecular complexity index is 139. The number of nitrogens with zero attached hydrogens (tertiary/aromatic N) is 2. The smallest absolute Gasteiger partial charge is 0.0866 e. The summed E-state index contributed by atoms with van der Waals surface area (Å²) in [5, 5.41) is 2.04. The van der Waals surface area contributed by atoms with E-state index >= 15 is 0 Å². The van der Waals surface area contributed by atoms with Crippen LogP contribution in [-0.4, -0.2) is 49.8 Å².